The largest absolute Gasteiger partial charge is 0.311 e. The molecule has 27 heavy (non-hydrogen) atoms. The zero-order valence-electron chi connectivity index (χ0n) is 15.1. The molecule has 1 atom stereocenters. The molecule has 1 unspecified atom stereocenters. The minimum atomic E-state index is -2.67. The van der Waals surface area contributed by atoms with Gasteiger partial charge in [-0.05, 0) is 19.5 Å². The Morgan fingerprint density at radius 3 is 2.44 bits per heavy atom. The van der Waals surface area contributed by atoms with Gasteiger partial charge in [-0.2, -0.15) is 24.5 Å². The third-order valence-corrected chi connectivity index (χ3v) is 6.04. The van der Waals surface area contributed by atoms with Crippen molar-refractivity contribution in [1.29, 1.82) is 0 Å². The predicted molar refractivity (Wildman–Crippen MR) is 108 cm³/mol. The molecule has 1 aliphatic rings. The number of hydrogen-bond acceptors (Lipinski definition) is 9. The minimum absolute atomic E-state index is 0.291. The van der Waals surface area contributed by atoms with E-state index in [-0.39, 0.29) is 6.54 Å². The van der Waals surface area contributed by atoms with Crippen molar-refractivity contribution in [3.05, 3.63) is 35.4 Å². The van der Waals surface area contributed by atoms with Gasteiger partial charge in [-0.15, -0.1) is 0 Å². The lowest BCUT2D eigenvalue weighted by atomic mass is 9.86. The summed E-state index contributed by atoms with van der Waals surface area (Å²) >= 11 is 2.51. The van der Waals surface area contributed by atoms with Gasteiger partial charge < -0.3 is 0 Å². The molecule has 1 aromatic rings. The second kappa shape index (κ2) is 10.2. The zero-order valence-corrected chi connectivity index (χ0v) is 17.5. The summed E-state index contributed by atoms with van der Waals surface area (Å²) in [6, 6.07) is 7.29. The SMILES string of the molecule is CNSC(=O)NC(=O)C(CN=S(=O)=O)(c1ccc(C)cc1)N1CCSCC1. The van der Waals surface area contributed by atoms with E-state index in [9.17, 15) is 18.0 Å². The normalized spacial score (nSPS) is 17.0. The van der Waals surface area contributed by atoms with Gasteiger partial charge in [-0.3, -0.25) is 24.5 Å². The maximum absolute atomic E-state index is 13.3. The van der Waals surface area contributed by atoms with E-state index in [0.717, 1.165) is 29.0 Å². The first kappa shape index (κ1) is 21.9. The first-order chi connectivity index (χ1) is 12.9. The Balaban J connectivity index is 2.56. The van der Waals surface area contributed by atoms with Gasteiger partial charge in [0.25, 0.3) is 5.91 Å². The molecule has 0 bridgehead atoms. The van der Waals surface area contributed by atoms with Gasteiger partial charge in [0.15, 0.2) is 0 Å². The highest BCUT2D eigenvalue weighted by atomic mass is 32.2. The number of carbonyl (C=O) groups excluding carboxylic acids is 2. The number of imide groups is 1. The maximum Gasteiger partial charge on any atom is 0.311 e. The Labute approximate surface area is 168 Å². The number of rotatable bonds is 6. The van der Waals surface area contributed by atoms with Crippen LogP contribution in [0, 0.1) is 6.92 Å². The third-order valence-electron chi connectivity index (χ3n) is 4.26. The van der Waals surface area contributed by atoms with Crippen LogP contribution in [0.1, 0.15) is 11.1 Å². The van der Waals surface area contributed by atoms with Crippen LogP contribution in [0.4, 0.5) is 4.79 Å². The molecule has 1 saturated heterocycles. The molecule has 0 aliphatic carbocycles. The Morgan fingerprint density at radius 2 is 1.89 bits per heavy atom. The van der Waals surface area contributed by atoms with Gasteiger partial charge in [-0.25, -0.2) is 0 Å². The lowest BCUT2D eigenvalue weighted by Gasteiger charge is -2.43. The van der Waals surface area contributed by atoms with Crippen molar-refractivity contribution in [2.24, 2.45) is 4.36 Å². The molecular formula is C16H22N4O4S3. The van der Waals surface area contributed by atoms with Crippen molar-refractivity contribution in [2.75, 3.05) is 38.2 Å². The standard InChI is InChI=1S/C16H22N4O4S3/c1-12-3-5-13(6-4-12)16(11-18-27(23)24,20-7-9-25-10-8-20)14(21)19-15(22)26-17-2/h3-6,17H,7-11H2,1-2H3,(H,19,21,22). The van der Waals surface area contributed by atoms with Crippen molar-refractivity contribution in [2.45, 2.75) is 12.5 Å². The Kier molecular flexibility index (Phi) is 8.29. The highest BCUT2D eigenvalue weighted by Crippen LogP contribution is 2.33. The third kappa shape index (κ3) is 5.55. The quantitative estimate of drug-likeness (QED) is 0.652. The van der Waals surface area contributed by atoms with Crippen molar-refractivity contribution in [3.8, 4) is 0 Å². The summed E-state index contributed by atoms with van der Waals surface area (Å²) in [6.07, 6.45) is 0. The van der Waals surface area contributed by atoms with E-state index in [1.165, 1.54) is 0 Å². The fraction of sp³-hybridized carbons (Fsp3) is 0.500. The Morgan fingerprint density at radius 1 is 1.26 bits per heavy atom. The van der Waals surface area contributed by atoms with E-state index in [1.54, 1.807) is 30.9 Å². The molecule has 0 saturated carbocycles. The number of thioether (sulfide) groups is 1. The van der Waals surface area contributed by atoms with Gasteiger partial charge >= 0.3 is 15.7 Å². The van der Waals surface area contributed by atoms with Gasteiger partial charge in [0.05, 0.1) is 6.54 Å². The molecule has 1 fully saturated rings. The minimum Gasteiger partial charge on any atom is -0.284 e. The molecular weight excluding hydrogens is 408 g/mol. The number of nitrogens with one attached hydrogen (secondary N) is 2. The van der Waals surface area contributed by atoms with Crippen LogP contribution in [0.5, 0.6) is 0 Å². The molecule has 2 rings (SSSR count). The van der Waals surface area contributed by atoms with Crippen molar-refractivity contribution in [1.82, 2.24) is 14.9 Å². The lowest BCUT2D eigenvalue weighted by molar-refractivity contribution is -0.132. The summed E-state index contributed by atoms with van der Waals surface area (Å²) in [4.78, 5) is 27.2. The summed E-state index contributed by atoms with van der Waals surface area (Å²) in [5.74, 6) is 1.03. The van der Waals surface area contributed by atoms with E-state index in [1.807, 2.05) is 24.0 Å². The van der Waals surface area contributed by atoms with E-state index in [2.05, 4.69) is 14.4 Å². The molecule has 1 aliphatic heterocycles. The van der Waals surface area contributed by atoms with Gasteiger partial charge in [0, 0.05) is 36.5 Å². The number of benzene rings is 1. The van der Waals surface area contributed by atoms with Gasteiger partial charge in [0.1, 0.15) is 5.54 Å². The van der Waals surface area contributed by atoms with Crippen molar-refractivity contribution < 1.29 is 18.0 Å². The van der Waals surface area contributed by atoms with E-state index >= 15 is 0 Å². The second-order valence-electron chi connectivity index (χ2n) is 5.88. The molecule has 0 spiro atoms. The zero-order chi connectivity index (χ0) is 19.9. The summed E-state index contributed by atoms with van der Waals surface area (Å²) < 4.78 is 28.6. The molecule has 8 nitrogen and oxygen atoms in total. The first-order valence-electron chi connectivity index (χ1n) is 8.26. The Bertz CT molecular complexity index is 799. The van der Waals surface area contributed by atoms with Crippen LogP contribution in [-0.2, 0) is 20.8 Å². The first-order valence-corrected chi connectivity index (χ1v) is 11.3. The molecule has 11 heteroatoms. The molecule has 1 heterocycles. The van der Waals surface area contributed by atoms with E-state index < -0.39 is 27.2 Å². The topological polar surface area (TPSA) is 108 Å². The molecule has 0 radical (unpaired) electrons. The van der Waals surface area contributed by atoms with Crippen LogP contribution >= 0.6 is 23.7 Å². The molecule has 2 amide bonds. The smallest absolute Gasteiger partial charge is 0.284 e. The van der Waals surface area contributed by atoms with Crippen LogP contribution in [-0.4, -0.2) is 62.7 Å². The van der Waals surface area contributed by atoms with E-state index in [4.69, 9.17) is 0 Å². The van der Waals surface area contributed by atoms with Gasteiger partial charge in [0.2, 0.25) is 0 Å². The molecule has 1 aromatic carbocycles. The average Bonchev–Trinajstić information content (AvgIpc) is 2.64. The average molecular weight is 431 g/mol. The number of carbonyl (C=O) groups is 2. The summed E-state index contributed by atoms with van der Waals surface area (Å²) in [5, 5.41) is 1.81. The number of aryl methyl sites for hydroxylation is 1. The highest BCUT2D eigenvalue weighted by molar-refractivity contribution is 8.11. The van der Waals surface area contributed by atoms with Crippen molar-refractivity contribution in [3.63, 3.8) is 0 Å². The predicted octanol–water partition coefficient (Wildman–Crippen LogP) is 1.41. The lowest BCUT2D eigenvalue weighted by Crippen LogP contribution is -2.61. The fourth-order valence-corrected chi connectivity index (χ4v) is 4.48. The fourth-order valence-electron chi connectivity index (χ4n) is 2.96. The van der Waals surface area contributed by atoms with Crippen LogP contribution in [0.25, 0.3) is 0 Å². The van der Waals surface area contributed by atoms with Crippen LogP contribution in [0.15, 0.2) is 28.6 Å². The summed E-state index contributed by atoms with van der Waals surface area (Å²) in [7, 11) is -1.10. The van der Waals surface area contributed by atoms with Crippen LogP contribution < -0.4 is 10.0 Å². The molecule has 2 N–H and O–H groups in total. The van der Waals surface area contributed by atoms with Gasteiger partial charge in [-0.1, -0.05) is 29.8 Å². The summed E-state index contributed by atoms with van der Waals surface area (Å²) in [6.45, 7) is 2.80. The number of hydrogen-bond donors (Lipinski definition) is 2. The highest BCUT2D eigenvalue weighted by Gasteiger charge is 2.47. The summed E-state index contributed by atoms with van der Waals surface area (Å²) in [5.41, 5.74) is 0.237. The number of nitrogens with zero attached hydrogens (tertiary/aromatic N) is 2. The van der Waals surface area contributed by atoms with Crippen molar-refractivity contribution >= 4 is 45.4 Å². The number of amides is 2. The molecule has 148 valence electrons. The second-order valence-corrected chi connectivity index (χ2v) is 8.78. The van der Waals surface area contributed by atoms with Crippen LogP contribution in [0.2, 0.25) is 0 Å². The van der Waals surface area contributed by atoms with Crippen LogP contribution in [0.3, 0.4) is 0 Å². The maximum atomic E-state index is 13.3. The molecule has 0 aromatic heterocycles. The van der Waals surface area contributed by atoms with E-state index in [0.29, 0.717) is 18.7 Å². The monoisotopic (exact) mass is 430 g/mol. The Hall–Kier alpha value is -1.40.